The van der Waals surface area contributed by atoms with Crippen molar-refractivity contribution in [1.82, 2.24) is 15.0 Å². The molecule has 0 aliphatic carbocycles. The smallest absolute Gasteiger partial charge is 0.224 e. The lowest BCUT2D eigenvalue weighted by Gasteiger charge is -2.08. The summed E-state index contributed by atoms with van der Waals surface area (Å²) in [5.74, 6) is 0.561. The number of nitrogens with two attached hydrogens (primary N) is 1. The Morgan fingerprint density at radius 3 is 3.00 bits per heavy atom. The predicted molar refractivity (Wildman–Crippen MR) is 65.6 cm³/mol. The van der Waals surface area contributed by atoms with E-state index in [9.17, 15) is 0 Å². The molecule has 0 saturated heterocycles. The van der Waals surface area contributed by atoms with Gasteiger partial charge in [-0.2, -0.15) is 4.98 Å². The van der Waals surface area contributed by atoms with Crippen molar-refractivity contribution in [3.8, 4) is 0 Å². The number of nitrogen functional groups attached to an aromatic ring is 1. The average molecular weight is 256 g/mol. The Labute approximate surface area is 102 Å². The summed E-state index contributed by atoms with van der Waals surface area (Å²) >= 11 is 7.32. The van der Waals surface area contributed by atoms with Gasteiger partial charge in [-0.1, -0.05) is 0 Å². The van der Waals surface area contributed by atoms with E-state index >= 15 is 0 Å². The zero-order chi connectivity index (χ0) is 11.5. The summed E-state index contributed by atoms with van der Waals surface area (Å²) in [5, 5.41) is 3.30. The molecule has 7 heteroatoms. The standard InChI is InChI=1S/C9H10ClN5S/c1-5-7(11)8(15-9(10)14-5)13-3-6-2-12-4-16-6/h2,4H,3,11H2,1H3,(H,13,14,15). The number of nitrogens with zero attached hydrogens (tertiary/aromatic N) is 3. The molecule has 0 atom stereocenters. The van der Waals surface area contributed by atoms with Crippen LogP contribution >= 0.6 is 22.9 Å². The van der Waals surface area contributed by atoms with Gasteiger partial charge in [0.05, 0.1) is 23.4 Å². The van der Waals surface area contributed by atoms with Crippen LogP contribution in [0.15, 0.2) is 11.7 Å². The zero-order valence-corrected chi connectivity index (χ0v) is 10.1. The highest BCUT2D eigenvalue weighted by atomic mass is 35.5. The van der Waals surface area contributed by atoms with Crippen LogP contribution in [0, 0.1) is 6.92 Å². The van der Waals surface area contributed by atoms with Crippen LogP contribution in [0.3, 0.4) is 0 Å². The SMILES string of the molecule is Cc1nc(Cl)nc(NCc2cncs2)c1N. The van der Waals surface area contributed by atoms with Crippen molar-refractivity contribution in [2.24, 2.45) is 0 Å². The molecule has 16 heavy (non-hydrogen) atoms. The van der Waals surface area contributed by atoms with Gasteiger partial charge in [0.15, 0.2) is 5.82 Å². The number of aromatic nitrogens is 3. The molecular formula is C9H10ClN5S. The number of anilines is 2. The van der Waals surface area contributed by atoms with Crippen molar-refractivity contribution in [3.63, 3.8) is 0 Å². The molecule has 0 saturated carbocycles. The predicted octanol–water partition coefficient (Wildman–Crippen LogP) is 2.09. The molecule has 0 aromatic carbocycles. The Bertz CT molecular complexity index is 485. The third-order valence-corrected chi connectivity index (χ3v) is 2.97. The van der Waals surface area contributed by atoms with Crippen molar-refractivity contribution < 1.29 is 0 Å². The molecule has 2 rings (SSSR count). The molecule has 84 valence electrons. The highest BCUT2D eigenvalue weighted by Gasteiger charge is 2.07. The zero-order valence-electron chi connectivity index (χ0n) is 8.57. The Morgan fingerprint density at radius 2 is 2.31 bits per heavy atom. The van der Waals surface area contributed by atoms with Gasteiger partial charge in [-0.15, -0.1) is 11.3 Å². The second kappa shape index (κ2) is 4.63. The van der Waals surface area contributed by atoms with Gasteiger partial charge in [0.25, 0.3) is 0 Å². The lowest BCUT2D eigenvalue weighted by atomic mass is 10.3. The minimum Gasteiger partial charge on any atom is -0.394 e. The summed E-state index contributed by atoms with van der Waals surface area (Å²) in [4.78, 5) is 13.1. The van der Waals surface area contributed by atoms with Gasteiger partial charge in [-0.3, -0.25) is 4.98 Å². The molecule has 0 aliphatic rings. The van der Waals surface area contributed by atoms with Crippen molar-refractivity contribution in [1.29, 1.82) is 0 Å². The summed E-state index contributed by atoms with van der Waals surface area (Å²) in [6.07, 6.45) is 1.80. The lowest BCUT2D eigenvalue weighted by Crippen LogP contribution is -2.06. The summed E-state index contributed by atoms with van der Waals surface area (Å²) in [6, 6.07) is 0. The summed E-state index contributed by atoms with van der Waals surface area (Å²) < 4.78 is 0. The van der Waals surface area contributed by atoms with E-state index in [1.54, 1.807) is 30.0 Å². The number of rotatable bonds is 3. The van der Waals surface area contributed by atoms with Gasteiger partial charge in [-0.25, -0.2) is 4.98 Å². The molecule has 0 amide bonds. The molecule has 2 aromatic rings. The van der Waals surface area contributed by atoms with E-state index in [0.29, 0.717) is 23.7 Å². The quantitative estimate of drug-likeness (QED) is 0.822. The van der Waals surface area contributed by atoms with Crippen molar-refractivity contribution >= 4 is 34.4 Å². The summed E-state index contributed by atoms with van der Waals surface area (Å²) in [6.45, 7) is 2.42. The third-order valence-electron chi connectivity index (χ3n) is 2.02. The van der Waals surface area contributed by atoms with E-state index in [4.69, 9.17) is 17.3 Å². The molecule has 0 fully saturated rings. The highest BCUT2D eigenvalue weighted by Crippen LogP contribution is 2.21. The van der Waals surface area contributed by atoms with Gasteiger partial charge >= 0.3 is 0 Å². The maximum Gasteiger partial charge on any atom is 0.224 e. The minimum atomic E-state index is 0.193. The molecular weight excluding hydrogens is 246 g/mol. The molecule has 5 nitrogen and oxygen atoms in total. The Kier molecular flexibility index (Phi) is 3.21. The number of thiazole rings is 1. The van der Waals surface area contributed by atoms with E-state index < -0.39 is 0 Å². The summed E-state index contributed by atoms with van der Waals surface area (Å²) in [7, 11) is 0. The Morgan fingerprint density at radius 1 is 1.50 bits per heavy atom. The lowest BCUT2D eigenvalue weighted by molar-refractivity contribution is 1.07. The maximum atomic E-state index is 5.83. The van der Waals surface area contributed by atoms with Gasteiger partial charge < -0.3 is 11.1 Å². The first kappa shape index (κ1) is 11.1. The topological polar surface area (TPSA) is 76.7 Å². The number of hydrogen-bond donors (Lipinski definition) is 2. The van der Waals surface area contributed by atoms with E-state index in [1.165, 1.54) is 0 Å². The number of hydrogen-bond acceptors (Lipinski definition) is 6. The second-order valence-electron chi connectivity index (χ2n) is 3.16. The number of aryl methyl sites for hydroxylation is 1. The van der Waals surface area contributed by atoms with Crippen LogP contribution in [-0.2, 0) is 6.54 Å². The van der Waals surface area contributed by atoms with Gasteiger partial charge in [-0.05, 0) is 18.5 Å². The molecule has 0 spiro atoms. The molecule has 0 bridgehead atoms. The first-order valence-electron chi connectivity index (χ1n) is 4.57. The fourth-order valence-electron chi connectivity index (χ4n) is 1.18. The van der Waals surface area contributed by atoms with Crippen LogP contribution < -0.4 is 11.1 Å². The first-order chi connectivity index (χ1) is 7.66. The van der Waals surface area contributed by atoms with Crippen LogP contribution in [0.2, 0.25) is 5.28 Å². The Hall–Kier alpha value is -1.40. The van der Waals surface area contributed by atoms with E-state index in [2.05, 4.69) is 20.3 Å². The van der Waals surface area contributed by atoms with Crippen LogP contribution in [0.4, 0.5) is 11.5 Å². The van der Waals surface area contributed by atoms with Crippen LogP contribution in [0.1, 0.15) is 10.6 Å². The minimum absolute atomic E-state index is 0.193. The van der Waals surface area contributed by atoms with Crippen molar-refractivity contribution in [3.05, 3.63) is 27.6 Å². The molecule has 2 heterocycles. The van der Waals surface area contributed by atoms with Crippen molar-refractivity contribution in [2.75, 3.05) is 11.1 Å². The monoisotopic (exact) mass is 255 g/mol. The summed E-state index contributed by atoms with van der Waals surface area (Å²) in [5.41, 5.74) is 8.80. The molecule has 0 radical (unpaired) electrons. The Balaban J connectivity index is 2.15. The second-order valence-corrected chi connectivity index (χ2v) is 4.47. The first-order valence-corrected chi connectivity index (χ1v) is 5.83. The number of nitrogens with one attached hydrogen (secondary N) is 1. The fraction of sp³-hybridized carbons (Fsp3) is 0.222. The van der Waals surface area contributed by atoms with Crippen LogP contribution in [0.5, 0.6) is 0 Å². The van der Waals surface area contributed by atoms with Crippen molar-refractivity contribution in [2.45, 2.75) is 13.5 Å². The normalized spacial score (nSPS) is 10.4. The van der Waals surface area contributed by atoms with E-state index in [1.807, 2.05) is 0 Å². The average Bonchev–Trinajstić information content (AvgIpc) is 2.74. The largest absolute Gasteiger partial charge is 0.394 e. The maximum absolute atomic E-state index is 5.83. The molecule has 3 N–H and O–H groups in total. The fourth-order valence-corrected chi connectivity index (χ4v) is 1.93. The van der Waals surface area contributed by atoms with Gasteiger partial charge in [0.2, 0.25) is 5.28 Å². The highest BCUT2D eigenvalue weighted by molar-refractivity contribution is 7.09. The van der Waals surface area contributed by atoms with Gasteiger partial charge in [0.1, 0.15) is 0 Å². The third kappa shape index (κ3) is 2.40. The van der Waals surface area contributed by atoms with E-state index in [-0.39, 0.29) is 5.28 Å². The molecule has 0 aliphatic heterocycles. The van der Waals surface area contributed by atoms with Gasteiger partial charge in [0, 0.05) is 11.1 Å². The van der Waals surface area contributed by atoms with Crippen LogP contribution in [-0.4, -0.2) is 15.0 Å². The van der Waals surface area contributed by atoms with Crippen LogP contribution in [0.25, 0.3) is 0 Å². The van der Waals surface area contributed by atoms with E-state index in [0.717, 1.165) is 4.88 Å². The number of halogens is 1. The molecule has 0 unspecified atom stereocenters. The molecule has 2 aromatic heterocycles.